The van der Waals surface area contributed by atoms with Gasteiger partial charge in [-0.2, -0.15) is 4.98 Å². The summed E-state index contributed by atoms with van der Waals surface area (Å²) in [5.41, 5.74) is 0. The molecular formula is C19H24N4O4. The summed E-state index contributed by atoms with van der Waals surface area (Å²) >= 11 is 0. The van der Waals surface area contributed by atoms with Crippen LogP contribution in [0.3, 0.4) is 0 Å². The molecule has 2 fully saturated rings. The maximum absolute atomic E-state index is 12.5. The molecule has 0 aromatic carbocycles. The summed E-state index contributed by atoms with van der Waals surface area (Å²) in [5, 5.41) is 3.87. The van der Waals surface area contributed by atoms with Crippen LogP contribution in [0.25, 0.3) is 11.6 Å². The highest BCUT2D eigenvalue weighted by molar-refractivity contribution is 5.80. The highest BCUT2D eigenvalue weighted by Crippen LogP contribution is 2.23. The van der Waals surface area contributed by atoms with Gasteiger partial charge in [0.15, 0.2) is 5.76 Å². The Kier molecular flexibility index (Phi) is 5.22. The van der Waals surface area contributed by atoms with Crippen LogP contribution in [0.2, 0.25) is 0 Å². The molecule has 8 heteroatoms. The number of amides is 2. The molecule has 2 aromatic heterocycles. The van der Waals surface area contributed by atoms with Crippen LogP contribution in [0, 0.1) is 5.92 Å². The summed E-state index contributed by atoms with van der Waals surface area (Å²) in [6.45, 7) is 3.07. The summed E-state index contributed by atoms with van der Waals surface area (Å²) in [5.74, 6) is 1.77. The van der Waals surface area contributed by atoms with E-state index in [1.165, 1.54) is 0 Å². The van der Waals surface area contributed by atoms with Gasteiger partial charge in [0.25, 0.3) is 0 Å². The zero-order valence-corrected chi connectivity index (χ0v) is 15.3. The molecule has 4 rings (SSSR count). The van der Waals surface area contributed by atoms with Gasteiger partial charge in [-0.15, -0.1) is 0 Å². The molecule has 0 bridgehead atoms. The van der Waals surface area contributed by atoms with Gasteiger partial charge in [0.2, 0.25) is 23.5 Å². The predicted molar refractivity (Wildman–Crippen MR) is 95.4 cm³/mol. The topological polar surface area (TPSA) is 92.7 Å². The molecule has 0 aliphatic carbocycles. The standard InChI is InChI=1S/C19H24N4O4/c24-17(6-5-16-20-18(21-27-16)15-4-3-13-26-15)22-11-7-14(8-12-22)19(25)23-9-1-2-10-23/h3-4,13-14H,1-2,5-12H2. The predicted octanol–water partition coefficient (Wildman–Crippen LogP) is 2.12. The van der Waals surface area contributed by atoms with Crippen molar-refractivity contribution in [2.24, 2.45) is 5.92 Å². The first-order valence-corrected chi connectivity index (χ1v) is 9.64. The third kappa shape index (κ3) is 4.04. The molecule has 4 heterocycles. The molecule has 2 aliphatic rings. The van der Waals surface area contributed by atoms with E-state index in [4.69, 9.17) is 8.94 Å². The van der Waals surface area contributed by atoms with Crippen molar-refractivity contribution in [3.8, 4) is 11.6 Å². The van der Waals surface area contributed by atoms with E-state index in [0.29, 0.717) is 43.4 Å². The highest BCUT2D eigenvalue weighted by atomic mass is 16.5. The summed E-state index contributed by atoms with van der Waals surface area (Å²) in [6, 6.07) is 3.51. The highest BCUT2D eigenvalue weighted by Gasteiger charge is 2.31. The third-order valence-electron chi connectivity index (χ3n) is 5.38. The van der Waals surface area contributed by atoms with Crippen LogP contribution in [-0.2, 0) is 16.0 Å². The second-order valence-corrected chi connectivity index (χ2v) is 7.18. The molecule has 2 saturated heterocycles. The lowest BCUT2D eigenvalue weighted by molar-refractivity contribution is -0.140. The van der Waals surface area contributed by atoms with Crippen LogP contribution in [0.5, 0.6) is 0 Å². The van der Waals surface area contributed by atoms with E-state index in [2.05, 4.69) is 10.1 Å². The normalized spacial score (nSPS) is 18.2. The van der Waals surface area contributed by atoms with E-state index >= 15 is 0 Å². The number of piperidine rings is 1. The Morgan fingerprint density at radius 1 is 1.11 bits per heavy atom. The van der Waals surface area contributed by atoms with E-state index < -0.39 is 0 Å². The van der Waals surface area contributed by atoms with Crippen molar-refractivity contribution in [2.45, 2.75) is 38.5 Å². The monoisotopic (exact) mass is 372 g/mol. The van der Waals surface area contributed by atoms with E-state index in [9.17, 15) is 9.59 Å². The van der Waals surface area contributed by atoms with Gasteiger partial charge in [0, 0.05) is 44.9 Å². The van der Waals surface area contributed by atoms with Crippen LogP contribution in [0.4, 0.5) is 0 Å². The maximum atomic E-state index is 12.5. The molecule has 0 atom stereocenters. The van der Waals surface area contributed by atoms with Crippen molar-refractivity contribution in [1.82, 2.24) is 19.9 Å². The number of likely N-dealkylation sites (tertiary alicyclic amines) is 2. The Morgan fingerprint density at radius 3 is 2.59 bits per heavy atom. The van der Waals surface area contributed by atoms with Crippen LogP contribution in [0.15, 0.2) is 27.3 Å². The smallest absolute Gasteiger partial charge is 0.238 e. The fraction of sp³-hybridized carbons (Fsp3) is 0.579. The first kappa shape index (κ1) is 17.8. The molecular weight excluding hydrogens is 348 g/mol. The number of aryl methyl sites for hydroxylation is 1. The summed E-state index contributed by atoms with van der Waals surface area (Å²) in [4.78, 5) is 33.0. The molecule has 2 amide bonds. The molecule has 0 N–H and O–H groups in total. The second-order valence-electron chi connectivity index (χ2n) is 7.18. The van der Waals surface area contributed by atoms with Crippen LogP contribution in [0.1, 0.15) is 38.0 Å². The SMILES string of the molecule is O=C(CCc1nc(-c2ccco2)no1)N1CCC(C(=O)N2CCCC2)CC1. The van der Waals surface area contributed by atoms with Crippen molar-refractivity contribution < 1.29 is 18.5 Å². The van der Waals surface area contributed by atoms with Gasteiger partial charge in [-0.25, -0.2) is 0 Å². The molecule has 0 spiro atoms. The Bertz CT molecular complexity index is 771. The van der Waals surface area contributed by atoms with Crippen molar-refractivity contribution in [3.63, 3.8) is 0 Å². The van der Waals surface area contributed by atoms with E-state index in [0.717, 1.165) is 38.8 Å². The van der Waals surface area contributed by atoms with Gasteiger partial charge in [0.05, 0.1) is 6.26 Å². The fourth-order valence-corrected chi connectivity index (χ4v) is 3.81. The van der Waals surface area contributed by atoms with Gasteiger partial charge in [-0.1, -0.05) is 5.16 Å². The zero-order valence-electron chi connectivity index (χ0n) is 15.3. The summed E-state index contributed by atoms with van der Waals surface area (Å²) < 4.78 is 10.4. The van der Waals surface area contributed by atoms with Crippen molar-refractivity contribution in [1.29, 1.82) is 0 Å². The first-order valence-electron chi connectivity index (χ1n) is 9.64. The van der Waals surface area contributed by atoms with Crippen LogP contribution in [-0.4, -0.2) is 57.9 Å². The van der Waals surface area contributed by atoms with Gasteiger partial charge in [-0.3, -0.25) is 9.59 Å². The molecule has 2 aliphatic heterocycles. The van der Waals surface area contributed by atoms with E-state index in [-0.39, 0.29) is 17.7 Å². The molecule has 27 heavy (non-hydrogen) atoms. The number of nitrogens with zero attached hydrogens (tertiary/aromatic N) is 4. The Morgan fingerprint density at radius 2 is 1.89 bits per heavy atom. The van der Waals surface area contributed by atoms with Gasteiger partial charge < -0.3 is 18.7 Å². The molecule has 2 aromatic rings. The lowest BCUT2D eigenvalue weighted by atomic mass is 9.95. The lowest BCUT2D eigenvalue weighted by Crippen LogP contribution is -2.43. The summed E-state index contributed by atoms with van der Waals surface area (Å²) in [6.07, 6.45) is 6.01. The lowest BCUT2D eigenvalue weighted by Gasteiger charge is -2.33. The number of carbonyl (C=O) groups excluding carboxylic acids is 2. The molecule has 0 radical (unpaired) electrons. The van der Waals surface area contributed by atoms with Gasteiger partial charge >= 0.3 is 0 Å². The number of rotatable bonds is 5. The average Bonchev–Trinajstić information content (AvgIpc) is 3.47. The minimum Gasteiger partial charge on any atom is -0.461 e. The molecule has 0 unspecified atom stereocenters. The minimum absolute atomic E-state index is 0.0685. The van der Waals surface area contributed by atoms with Crippen molar-refractivity contribution in [2.75, 3.05) is 26.2 Å². The second kappa shape index (κ2) is 7.94. The van der Waals surface area contributed by atoms with Crippen molar-refractivity contribution >= 4 is 11.8 Å². The average molecular weight is 372 g/mol. The minimum atomic E-state index is 0.0685. The number of hydrogen-bond donors (Lipinski definition) is 0. The molecule has 8 nitrogen and oxygen atoms in total. The molecule has 144 valence electrons. The van der Waals surface area contributed by atoms with Crippen LogP contribution >= 0.6 is 0 Å². The zero-order chi connectivity index (χ0) is 18.6. The van der Waals surface area contributed by atoms with Crippen LogP contribution < -0.4 is 0 Å². The van der Waals surface area contributed by atoms with Gasteiger partial charge in [0.1, 0.15) is 0 Å². The summed E-state index contributed by atoms with van der Waals surface area (Å²) in [7, 11) is 0. The number of carbonyl (C=O) groups is 2. The third-order valence-corrected chi connectivity index (χ3v) is 5.38. The fourth-order valence-electron chi connectivity index (χ4n) is 3.81. The number of furan rings is 1. The van der Waals surface area contributed by atoms with Gasteiger partial charge in [-0.05, 0) is 37.8 Å². The maximum Gasteiger partial charge on any atom is 0.238 e. The Hall–Kier alpha value is -2.64. The first-order chi connectivity index (χ1) is 13.2. The van der Waals surface area contributed by atoms with Crippen molar-refractivity contribution in [3.05, 3.63) is 24.3 Å². The Labute approximate surface area is 157 Å². The quantitative estimate of drug-likeness (QED) is 0.798. The van der Waals surface area contributed by atoms with E-state index in [1.807, 2.05) is 9.80 Å². The number of aromatic nitrogens is 2. The molecule has 0 saturated carbocycles. The number of hydrogen-bond acceptors (Lipinski definition) is 6. The Balaban J connectivity index is 1.23. The largest absolute Gasteiger partial charge is 0.461 e. The van der Waals surface area contributed by atoms with E-state index in [1.54, 1.807) is 18.4 Å².